The Kier molecular flexibility index (Phi) is 4.73. The van der Waals surface area contributed by atoms with Crippen LogP contribution < -0.4 is 56.5 Å². The van der Waals surface area contributed by atoms with Gasteiger partial charge in [-0.2, -0.15) is 0 Å². The maximum absolute atomic E-state index is 12.6. The third-order valence-electron chi connectivity index (χ3n) is 4.33. The number of aliphatic carboxylic acids is 1. The molecule has 1 aromatic rings. The summed E-state index contributed by atoms with van der Waals surface area (Å²) >= 11 is 0. The smallest absolute Gasteiger partial charge is 0.548 e. The van der Waals surface area contributed by atoms with E-state index in [4.69, 9.17) is 0 Å². The predicted molar refractivity (Wildman–Crippen MR) is 73.6 cm³/mol. The summed E-state index contributed by atoms with van der Waals surface area (Å²) in [7, 11) is -2.17. The standard InChI is InChI=1S/C13H15N3O5S.K/c1-13(2)9(12(18)19)16-10(17)7(11(16)22(13,20)21)6-8-14-4-5-15(8)3;/h4-6,9,11H,1-3H3,(H,18,19);/q;+1/p-1/b7-6+;/t9-,11+;/m0./s1. The molecule has 2 aliphatic heterocycles. The second-order valence-electron chi connectivity index (χ2n) is 5.93. The van der Waals surface area contributed by atoms with Crippen LogP contribution in [0.3, 0.4) is 0 Å². The third-order valence-corrected chi connectivity index (χ3v) is 7.09. The van der Waals surface area contributed by atoms with Gasteiger partial charge in [0, 0.05) is 19.4 Å². The van der Waals surface area contributed by atoms with Crippen LogP contribution in [0.25, 0.3) is 6.08 Å². The van der Waals surface area contributed by atoms with Gasteiger partial charge in [-0.05, 0) is 19.9 Å². The first-order chi connectivity index (χ1) is 10.1. The van der Waals surface area contributed by atoms with Crippen molar-refractivity contribution in [3.63, 3.8) is 0 Å². The molecule has 2 saturated heterocycles. The Labute approximate surface area is 175 Å². The molecule has 8 nitrogen and oxygen atoms in total. The van der Waals surface area contributed by atoms with Gasteiger partial charge in [0.15, 0.2) is 15.2 Å². The minimum Gasteiger partial charge on any atom is -0.548 e. The molecule has 2 aliphatic rings. The average Bonchev–Trinajstić information content (AvgIpc) is 2.85. The van der Waals surface area contributed by atoms with Crippen molar-refractivity contribution in [3.05, 3.63) is 23.8 Å². The normalized spacial score (nSPS) is 28.9. The van der Waals surface area contributed by atoms with E-state index in [1.54, 1.807) is 17.8 Å². The van der Waals surface area contributed by atoms with Gasteiger partial charge in [0.2, 0.25) is 0 Å². The van der Waals surface area contributed by atoms with Crippen molar-refractivity contribution < 1.29 is 74.5 Å². The number of nitrogens with zero attached hydrogens (tertiary/aromatic N) is 3. The maximum Gasteiger partial charge on any atom is 1.00 e. The number of rotatable bonds is 2. The number of β-lactam (4-membered cyclic amide) rings is 1. The van der Waals surface area contributed by atoms with Crippen LogP contribution >= 0.6 is 0 Å². The van der Waals surface area contributed by atoms with Crippen molar-refractivity contribution in [3.8, 4) is 0 Å². The van der Waals surface area contributed by atoms with Crippen LogP contribution in [0.1, 0.15) is 19.7 Å². The minimum absolute atomic E-state index is 0. The quantitative estimate of drug-likeness (QED) is 0.296. The van der Waals surface area contributed by atoms with E-state index in [0.29, 0.717) is 5.82 Å². The number of hydrogen-bond donors (Lipinski definition) is 0. The molecule has 0 aliphatic carbocycles. The van der Waals surface area contributed by atoms with Gasteiger partial charge in [-0.15, -0.1) is 0 Å². The molecule has 1 amide bonds. The number of sulfone groups is 1. The van der Waals surface area contributed by atoms with Crippen molar-refractivity contribution in [1.82, 2.24) is 14.5 Å². The molecule has 0 bridgehead atoms. The summed E-state index contributed by atoms with van der Waals surface area (Å²) in [5, 5.41) is 10.1. The van der Waals surface area contributed by atoms with Gasteiger partial charge in [0.1, 0.15) is 5.82 Å². The average molecular weight is 363 g/mol. The van der Waals surface area contributed by atoms with E-state index in [1.165, 1.54) is 26.1 Å². The second kappa shape index (κ2) is 5.78. The fourth-order valence-electron chi connectivity index (χ4n) is 2.98. The van der Waals surface area contributed by atoms with E-state index in [-0.39, 0.29) is 57.0 Å². The van der Waals surface area contributed by atoms with E-state index in [0.717, 1.165) is 4.90 Å². The fraction of sp³-hybridized carbons (Fsp3) is 0.462. The number of amides is 1. The Bertz CT molecular complexity index is 826. The van der Waals surface area contributed by atoms with Gasteiger partial charge < -0.3 is 19.4 Å². The summed E-state index contributed by atoms with van der Waals surface area (Å²) in [5.74, 6) is -1.76. The van der Waals surface area contributed by atoms with E-state index < -0.39 is 37.9 Å². The number of carboxylic acids is 1. The Balaban J connectivity index is 0.00000192. The Morgan fingerprint density at radius 3 is 2.52 bits per heavy atom. The number of carboxylic acid groups (broad SMARTS) is 1. The van der Waals surface area contributed by atoms with Crippen LogP contribution in [0.5, 0.6) is 0 Å². The largest absolute Gasteiger partial charge is 1.00 e. The molecular weight excluding hydrogens is 349 g/mol. The Morgan fingerprint density at radius 1 is 1.43 bits per heavy atom. The Morgan fingerprint density at radius 2 is 2.04 bits per heavy atom. The van der Waals surface area contributed by atoms with Crippen molar-refractivity contribution in [1.29, 1.82) is 0 Å². The predicted octanol–water partition coefficient (Wildman–Crippen LogP) is -4.70. The number of carbonyl (C=O) groups is 2. The van der Waals surface area contributed by atoms with E-state index >= 15 is 0 Å². The van der Waals surface area contributed by atoms with E-state index in [9.17, 15) is 23.1 Å². The number of aromatic nitrogens is 2. The molecular formula is C13H14KN3O5S. The van der Waals surface area contributed by atoms with Crippen LogP contribution in [0.4, 0.5) is 0 Å². The molecule has 10 heteroatoms. The summed E-state index contributed by atoms with van der Waals surface area (Å²) in [4.78, 5) is 28.4. The van der Waals surface area contributed by atoms with Gasteiger partial charge >= 0.3 is 51.4 Å². The molecule has 3 heterocycles. The zero-order valence-electron chi connectivity index (χ0n) is 13.2. The molecule has 3 rings (SSSR count). The van der Waals surface area contributed by atoms with Crippen molar-refractivity contribution in [2.75, 3.05) is 0 Å². The molecule has 0 unspecified atom stereocenters. The number of fused-ring (bicyclic) bond motifs is 1. The monoisotopic (exact) mass is 363 g/mol. The zero-order valence-corrected chi connectivity index (χ0v) is 17.1. The first-order valence-electron chi connectivity index (χ1n) is 6.56. The second-order valence-corrected chi connectivity index (χ2v) is 8.52. The molecule has 118 valence electrons. The van der Waals surface area contributed by atoms with Gasteiger partial charge in [-0.3, -0.25) is 4.79 Å². The van der Waals surface area contributed by atoms with Crippen LogP contribution in [0.2, 0.25) is 0 Å². The SMILES string of the molecule is Cn1ccnc1/C=C1\C(=O)N2[C@@H](C(=O)[O-])C(C)(C)S(=O)(=O)[C@H]12.[K+]. The van der Waals surface area contributed by atoms with Crippen molar-refractivity contribution >= 4 is 27.8 Å². The topological polar surface area (TPSA) is 112 Å². The zero-order chi connectivity index (χ0) is 16.4. The summed E-state index contributed by atoms with van der Waals surface area (Å²) in [5.41, 5.74) is 0.0334. The van der Waals surface area contributed by atoms with Crippen LogP contribution in [-0.4, -0.2) is 50.9 Å². The molecule has 2 fully saturated rings. The van der Waals surface area contributed by atoms with E-state index in [2.05, 4.69) is 4.98 Å². The maximum atomic E-state index is 12.6. The van der Waals surface area contributed by atoms with Gasteiger partial charge in [-0.1, -0.05) is 0 Å². The number of imidazole rings is 1. The first-order valence-corrected chi connectivity index (χ1v) is 8.11. The van der Waals surface area contributed by atoms with Crippen molar-refractivity contribution in [2.24, 2.45) is 7.05 Å². The molecule has 0 aromatic carbocycles. The molecule has 0 spiro atoms. The number of aryl methyl sites for hydroxylation is 1. The fourth-order valence-corrected chi connectivity index (χ4v) is 5.09. The number of carbonyl (C=O) groups excluding carboxylic acids is 2. The molecule has 1 aromatic heterocycles. The van der Waals surface area contributed by atoms with E-state index in [1.807, 2.05) is 0 Å². The Hall–Kier alpha value is -0.524. The number of hydrogen-bond acceptors (Lipinski definition) is 6. The summed E-state index contributed by atoms with van der Waals surface area (Å²) < 4.78 is 25.2. The third kappa shape index (κ3) is 2.38. The summed E-state index contributed by atoms with van der Waals surface area (Å²) in [6, 6.07) is -1.49. The van der Waals surface area contributed by atoms with Crippen LogP contribution in [0, 0.1) is 0 Å². The van der Waals surface area contributed by atoms with Crippen LogP contribution in [-0.2, 0) is 26.5 Å². The molecule has 2 atom stereocenters. The van der Waals surface area contributed by atoms with Gasteiger partial charge in [-0.25, -0.2) is 13.4 Å². The first kappa shape index (κ1) is 18.8. The van der Waals surface area contributed by atoms with Crippen molar-refractivity contribution in [2.45, 2.75) is 30.0 Å². The minimum atomic E-state index is -3.88. The van der Waals surface area contributed by atoms with Gasteiger partial charge in [0.05, 0.1) is 22.3 Å². The summed E-state index contributed by atoms with van der Waals surface area (Å²) in [6.45, 7) is 2.60. The molecule has 0 radical (unpaired) electrons. The molecule has 0 N–H and O–H groups in total. The van der Waals surface area contributed by atoms with Gasteiger partial charge in [0.25, 0.3) is 5.91 Å². The van der Waals surface area contributed by atoms with Crippen LogP contribution in [0.15, 0.2) is 18.0 Å². The molecule has 0 saturated carbocycles. The summed E-state index contributed by atoms with van der Waals surface area (Å²) in [6.07, 6.45) is 4.56. The molecule has 23 heavy (non-hydrogen) atoms.